The van der Waals surface area contributed by atoms with Gasteiger partial charge in [-0.1, -0.05) is 18.2 Å². The molecule has 8 heteroatoms. The van der Waals surface area contributed by atoms with Gasteiger partial charge in [-0.15, -0.1) is 0 Å². The highest BCUT2D eigenvalue weighted by atomic mass is 19.1. The Morgan fingerprint density at radius 2 is 1.57 bits per heavy atom. The number of rotatable bonds is 9. The SMILES string of the molecule is CCOc1ccccc1OCC(=O)N(CC)CC(=O)Nc1c(F)cccc1F. The van der Waals surface area contributed by atoms with Crippen LogP contribution < -0.4 is 14.8 Å². The van der Waals surface area contributed by atoms with Crippen molar-refractivity contribution in [2.45, 2.75) is 13.8 Å². The van der Waals surface area contributed by atoms with Crippen molar-refractivity contribution < 1.29 is 27.8 Å². The van der Waals surface area contributed by atoms with E-state index in [0.29, 0.717) is 18.1 Å². The zero-order valence-corrected chi connectivity index (χ0v) is 15.7. The van der Waals surface area contributed by atoms with Crippen LogP contribution in [0.4, 0.5) is 14.5 Å². The van der Waals surface area contributed by atoms with Crippen molar-refractivity contribution in [3.8, 4) is 11.5 Å². The first-order valence-corrected chi connectivity index (χ1v) is 8.82. The second-order valence-corrected chi connectivity index (χ2v) is 5.72. The first kappa shape index (κ1) is 21.1. The smallest absolute Gasteiger partial charge is 0.260 e. The molecular weight excluding hydrogens is 370 g/mol. The molecule has 0 spiro atoms. The third-order valence-corrected chi connectivity index (χ3v) is 3.80. The largest absolute Gasteiger partial charge is 0.490 e. The van der Waals surface area contributed by atoms with Crippen molar-refractivity contribution in [1.29, 1.82) is 0 Å². The summed E-state index contributed by atoms with van der Waals surface area (Å²) in [6.45, 7) is 3.52. The van der Waals surface area contributed by atoms with Crippen LogP contribution >= 0.6 is 0 Å². The van der Waals surface area contributed by atoms with E-state index in [2.05, 4.69) is 5.32 Å². The molecule has 0 fully saturated rings. The van der Waals surface area contributed by atoms with Crippen molar-refractivity contribution in [2.24, 2.45) is 0 Å². The lowest BCUT2D eigenvalue weighted by atomic mass is 10.3. The van der Waals surface area contributed by atoms with Gasteiger partial charge in [0, 0.05) is 6.54 Å². The van der Waals surface area contributed by atoms with E-state index in [1.165, 1.54) is 11.0 Å². The molecule has 0 heterocycles. The molecule has 0 bridgehead atoms. The summed E-state index contributed by atoms with van der Waals surface area (Å²) in [5.74, 6) is -2.02. The van der Waals surface area contributed by atoms with Crippen LogP contribution in [-0.2, 0) is 9.59 Å². The molecule has 0 saturated heterocycles. The van der Waals surface area contributed by atoms with Crippen LogP contribution in [0.3, 0.4) is 0 Å². The van der Waals surface area contributed by atoms with Gasteiger partial charge in [0.1, 0.15) is 17.3 Å². The minimum absolute atomic E-state index is 0.225. The summed E-state index contributed by atoms with van der Waals surface area (Å²) in [7, 11) is 0. The maximum atomic E-state index is 13.6. The van der Waals surface area contributed by atoms with Gasteiger partial charge < -0.3 is 19.7 Å². The summed E-state index contributed by atoms with van der Waals surface area (Å²) in [4.78, 5) is 25.7. The Morgan fingerprint density at radius 1 is 0.964 bits per heavy atom. The lowest BCUT2D eigenvalue weighted by molar-refractivity contribution is -0.136. The monoisotopic (exact) mass is 392 g/mol. The van der Waals surface area contributed by atoms with E-state index in [1.807, 2.05) is 6.92 Å². The quantitative estimate of drug-likeness (QED) is 0.712. The molecule has 28 heavy (non-hydrogen) atoms. The second kappa shape index (κ2) is 10.2. The average Bonchev–Trinajstić information content (AvgIpc) is 2.68. The fourth-order valence-electron chi connectivity index (χ4n) is 2.42. The molecule has 0 aromatic heterocycles. The number of amides is 2. The van der Waals surface area contributed by atoms with Gasteiger partial charge in [-0.2, -0.15) is 0 Å². The first-order chi connectivity index (χ1) is 13.5. The lowest BCUT2D eigenvalue weighted by Gasteiger charge is -2.21. The number of para-hydroxylation sites is 3. The van der Waals surface area contributed by atoms with Crippen LogP contribution in [0, 0.1) is 11.6 Å². The summed E-state index contributed by atoms with van der Waals surface area (Å²) in [6.07, 6.45) is 0. The lowest BCUT2D eigenvalue weighted by Crippen LogP contribution is -2.40. The molecule has 2 aromatic carbocycles. The number of hydrogen-bond acceptors (Lipinski definition) is 4. The number of halogens is 2. The van der Waals surface area contributed by atoms with Crippen molar-refractivity contribution >= 4 is 17.5 Å². The van der Waals surface area contributed by atoms with Crippen LogP contribution in [0.15, 0.2) is 42.5 Å². The predicted octanol–water partition coefficient (Wildman–Crippen LogP) is 3.23. The summed E-state index contributed by atoms with van der Waals surface area (Å²) >= 11 is 0. The van der Waals surface area contributed by atoms with Crippen molar-refractivity contribution in [3.63, 3.8) is 0 Å². The van der Waals surface area contributed by atoms with Crippen LogP contribution in [0.2, 0.25) is 0 Å². The number of likely N-dealkylation sites (N-methyl/N-ethyl adjacent to an activating group) is 1. The number of carbonyl (C=O) groups excluding carboxylic acids is 2. The van der Waals surface area contributed by atoms with E-state index in [4.69, 9.17) is 9.47 Å². The Hall–Kier alpha value is -3.16. The van der Waals surface area contributed by atoms with Crippen LogP contribution in [0.25, 0.3) is 0 Å². The summed E-state index contributed by atoms with van der Waals surface area (Å²) < 4.78 is 38.2. The van der Waals surface area contributed by atoms with Gasteiger partial charge >= 0.3 is 0 Å². The summed E-state index contributed by atoms with van der Waals surface area (Å²) in [5, 5.41) is 2.15. The Balaban J connectivity index is 1.95. The van der Waals surface area contributed by atoms with Gasteiger partial charge in [-0.25, -0.2) is 8.78 Å². The molecule has 0 atom stereocenters. The number of ether oxygens (including phenoxy) is 2. The molecule has 0 aliphatic carbocycles. The molecule has 0 aliphatic rings. The van der Waals surface area contributed by atoms with Gasteiger partial charge in [0.25, 0.3) is 5.91 Å². The van der Waals surface area contributed by atoms with E-state index >= 15 is 0 Å². The molecule has 0 radical (unpaired) electrons. The molecule has 2 amide bonds. The topological polar surface area (TPSA) is 67.9 Å². The second-order valence-electron chi connectivity index (χ2n) is 5.72. The molecular formula is C20H22F2N2O4. The molecule has 6 nitrogen and oxygen atoms in total. The minimum Gasteiger partial charge on any atom is -0.490 e. The highest BCUT2D eigenvalue weighted by molar-refractivity contribution is 5.94. The van der Waals surface area contributed by atoms with Crippen molar-refractivity contribution in [1.82, 2.24) is 4.90 Å². The third-order valence-electron chi connectivity index (χ3n) is 3.80. The highest BCUT2D eigenvalue weighted by Crippen LogP contribution is 2.26. The molecule has 2 rings (SSSR count). The molecule has 0 aliphatic heterocycles. The molecule has 150 valence electrons. The summed E-state index contributed by atoms with van der Waals surface area (Å²) in [6, 6.07) is 10.2. The number of nitrogens with one attached hydrogen (secondary N) is 1. The number of nitrogens with zero attached hydrogens (tertiary/aromatic N) is 1. The molecule has 2 aromatic rings. The Kier molecular flexibility index (Phi) is 7.74. The minimum atomic E-state index is -0.890. The maximum Gasteiger partial charge on any atom is 0.260 e. The first-order valence-electron chi connectivity index (χ1n) is 8.82. The Bertz CT molecular complexity index is 809. The number of carbonyl (C=O) groups is 2. The number of benzene rings is 2. The number of hydrogen-bond donors (Lipinski definition) is 1. The van der Waals surface area contributed by atoms with Crippen LogP contribution in [-0.4, -0.2) is 43.0 Å². The highest BCUT2D eigenvalue weighted by Gasteiger charge is 2.19. The van der Waals surface area contributed by atoms with E-state index in [-0.39, 0.29) is 19.7 Å². The maximum absolute atomic E-state index is 13.6. The van der Waals surface area contributed by atoms with Crippen molar-refractivity contribution in [2.75, 3.05) is 31.6 Å². The predicted molar refractivity (Wildman–Crippen MR) is 100 cm³/mol. The zero-order chi connectivity index (χ0) is 20.5. The molecule has 1 N–H and O–H groups in total. The van der Waals surface area contributed by atoms with Gasteiger partial charge in [-0.05, 0) is 38.1 Å². The fraction of sp³-hybridized carbons (Fsp3) is 0.300. The van der Waals surface area contributed by atoms with Crippen molar-refractivity contribution in [3.05, 3.63) is 54.1 Å². The van der Waals surface area contributed by atoms with E-state index in [1.54, 1.807) is 31.2 Å². The fourth-order valence-corrected chi connectivity index (χ4v) is 2.42. The normalized spacial score (nSPS) is 10.3. The van der Waals surface area contributed by atoms with Gasteiger partial charge in [0.05, 0.1) is 13.2 Å². The van der Waals surface area contributed by atoms with Gasteiger partial charge in [0.15, 0.2) is 18.1 Å². The number of anilines is 1. The molecule has 0 unspecified atom stereocenters. The van der Waals surface area contributed by atoms with E-state index in [0.717, 1.165) is 12.1 Å². The van der Waals surface area contributed by atoms with E-state index in [9.17, 15) is 18.4 Å². The summed E-state index contributed by atoms with van der Waals surface area (Å²) in [5.41, 5.74) is -0.544. The Labute approximate surface area is 162 Å². The van der Waals surface area contributed by atoms with Crippen LogP contribution in [0.5, 0.6) is 11.5 Å². The Morgan fingerprint density at radius 3 is 2.14 bits per heavy atom. The average molecular weight is 392 g/mol. The van der Waals surface area contributed by atoms with Gasteiger partial charge in [-0.3, -0.25) is 9.59 Å². The standard InChI is InChI=1S/C20H22F2N2O4/c1-3-24(12-18(25)23-20-14(21)8-7-9-15(20)22)19(26)13-28-17-11-6-5-10-16(17)27-4-2/h5-11H,3-4,12-13H2,1-2H3,(H,23,25). The van der Waals surface area contributed by atoms with Crippen LogP contribution in [0.1, 0.15) is 13.8 Å². The van der Waals surface area contributed by atoms with Gasteiger partial charge in [0.2, 0.25) is 5.91 Å². The molecule has 0 saturated carbocycles. The van der Waals surface area contributed by atoms with E-state index < -0.39 is 29.1 Å². The zero-order valence-electron chi connectivity index (χ0n) is 15.7. The third kappa shape index (κ3) is 5.67.